The van der Waals surface area contributed by atoms with Crippen molar-refractivity contribution < 1.29 is 40.2 Å². The average molecular weight is 188 g/mol. The van der Waals surface area contributed by atoms with E-state index in [-0.39, 0.29) is 21.1 Å². The first-order valence-electron chi connectivity index (χ1n) is 0.816. The maximum atomic E-state index is 8.58. The summed E-state index contributed by atoms with van der Waals surface area (Å²) in [4.78, 5) is 34.3. The maximum absolute atomic E-state index is 8.58. The molecule has 0 atom stereocenters. The summed E-state index contributed by atoms with van der Waals surface area (Å²) in [6, 6.07) is 0. The second-order valence-electron chi connectivity index (χ2n) is 0.500. The van der Waals surface area contributed by atoms with Gasteiger partial charge in [0.25, 0.3) is 0 Å². The van der Waals surface area contributed by atoms with Gasteiger partial charge in [-0.25, -0.2) is 0 Å². The van der Waals surface area contributed by atoms with E-state index in [9.17, 15) is 0 Å². The van der Waals surface area contributed by atoms with Crippen molar-refractivity contribution in [2.24, 2.45) is 0 Å². The molecular weight excluding hydrogens is 188 g/mol. The molecule has 0 spiro atoms. The Morgan fingerprint density at radius 3 is 0.833 bits per heavy atom. The monoisotopic (exact) mass is 190 g/mol. The van der Waals surface area contributed by atoms with Gasteiger partial charge in [0, 0.05) is 0 Å². The molecule has 0 aromatic rings. The van der Waals surface area contributed by atoms with Gasteiger partial charge in [0.1, 0.15) is 0 Å². The van der Waals surface area contributed by atoms with Crippen molar-refractivity contribution in [1.29, 1.82) is 0 Å². The number of hydrogen-bond donors (Lipinski definition) is 0. The molecule has 0 aromatic heterocycles. The van der Waals surface area contributed by atoms with E-state index < -0.39 is 9.05 Å². The van der Waals surface area contributed by atoms with E-state index in [0.717, 1.165) is 0 Å². The Morgan fingerprint density at radius 2 is 0.833 bits per heavy atom. The predicted octanol–water partition coefficient (Wildman–Crippen LogP) is -5.14. The molecule has 0 heterocycles. The quantitative estimate of drug-likeness (QED) is 0.355. The molecule has 0 aromatic carbocycles. The molecule has 0 saturated heterocycles. The standard InChI is InChI=1S/Mo.O4Si/c;1-5(2,3)4/q+4;-4. The summed E-state index contributed by atoms with van der Waals surface area (Å²) in [6.07, 6.45) is 0. The minimum atomic E-state index is -5.61. The smallest absolute Gasteiger partial charge is 0.894 e. The third-order valence-corrected chi connectivity index (χ3v) is 0. The van der Waals surface area contributed by atoms with Gasteiger partial charge in [-0.1, -0.05) is 0 Å². The zero-order chi connectivity index (χ0) is 4.50. The summed E-state index contributed by atoms with van der Waals surface area (Å²) in [7, 11) is -5.61. The molecule has 0 aliphatic heterocycles. The van der Waals surface area contributed by atoms with Gasteiger partial charge in [0.05, 0.1) is 0 Å². The molecule has 0 fully saturated rings. The van der Waals surface area contributed by atoms with E-state index >= 15 is 0 Å². The fourth-order valence-corrected chi connectivity index (χ4v) is 0. The molecule has 0 bridgehead atoms. The molecule has 6 heteroatoms. The Kier molecular flexibility index (Phi) is 4.69. The van der Waals surface area contributed by atoms with Crippen molar-refractivity contribution in [1.82, 2.24) is 0 Å². The first-order chi connectivity index (χ1) is 2.00. The van der Waals surface area contributed by atoms with E-state index in [1.165, 1.54) is 0 Å². The summed E-state index contributed by atoms with van der Waals surface area (Å²) in [5.74, 6) is 0. The third-order valence-electron chi connectivity index (χ3n) is 0. The molecule has 6 heavy (non-hydrogen) atoms. The topological polar surface area (TPSA) is 92.2 Å². The van der Waals surface area contributed by atoms with E-state index in [2.05, 4.69) is 0 Å². The SMILES string of the molecule is [Mo+4].[O-][Si]([O-])([O-])[O-]. The molecule has 0 unspecified atom stereocenters. The van der Waals surface area contributed by atoms with Crippen molar-refractivity contribution >= 4 is 9.05 Å². The fourth-order valence-electron chi connectivity index (χ4n) is 0. The molecule has 0 radical (unpaired) electrons. The summed E-state index contributed by atoms with van der Waals surface area (Å²) in [5.41, 5.74) is 0. The normalized spacial score (nSPS) is 10.0. The van der Waals surface area contributed by atoms with E-state index in [1.54, 1.807) is 0 Å². The van der Waals surface area contributed by atoms with E-state index in [0.29, 0.717) is 0 Å². The van der Waals surface area contributed by atoms with Gasteiger partial charge in [-0.2, -0.15) is 0 Å². The summed E-state index contributed by atoms with van der Waals surface area (Å²) in [6.45, 7) is 0. The molecule has 4 nitrogen and oxygen atoms in total. The van der Waals surface area contributed by atoms with Crippen LogP contribution in [0.15, 0.2) is 0 Å². The molecule has 0 aliphatic carbocycles. The summed E-state index contributed by atoms with van der Waals surface area (Å²) >= 11 is 0. The predicted molar refractivity (Wildman–Crippen MR) is 5.75 cm³/mol. The first-order valence-corrected chi connectivity index (χ1v) is 2.45. The molecule has 34 valence electrons. The van der Waals surface area contributed by atoms with Gasteiger partial charge in [-0.15, -0.1) is 0 Å². The van der Waals surface area contributed by atoms with Crippen molar-refractivity contribution in [3.8, 4) is 0 Å². The Balaban J connectivity index is 0. The number of hydrogen-bond acceptors (Lipinski definition) is 4. The molecule has 0 saturated carbocycles. The van der Waals surface area contributed by atoms with Gasteiger partial charge in [-0.05, 0) is 0 Å². The van der Waals surface area contributed by atoms with Gasteiger partial charge in [0.2, 0.25) is 0 Å². The van der Waals surface area contributed by atoms with Crippen LogP contribution < -0.4 is 19.2 Å². The van der Waals surface area contributed by atoms with Crippen LogP contribution in [0.5, 0.6) is 0 Å². The van der Waals surface area contributed by atoms with Crippen molar-refractivity contribution in [3.63, 3.8) is 0 Å². The Labute approximate surface area is 49.8 Å². The van der Waals surface area contributed by atoms with Crippen LogP contribution in [0, 0.1) is 0 Å². The summed E-state index contributed by atoms with van der Waals surface area (Å²) < 4.78 is 0. The Morgan fingerprint density at radius 1 is 0.833 bits per heavy atom. The molecular formula is MoO4Si. The first kappa shape index (κ1) is 9.89. The van der Waals surface area contributed by atoms with Crippen molar-refractivity contribution in [3.05, 3.63) is 0 Å². The summed E-state index contributed by atoms with van der Waals surface area (Å²) in [5, 5.41) is 0. The van der Waals surface area contributed by atoms with Gasteiger partial charge in [0.15, 0.2) is 0 Å². The minimum Gasteiger partial charge on any atom is -0.894 e. The van der Waals surface area contributed by atoms with Crippen LogP contribution in [-0.2, 0) is 21.1 Å². The van der Waals surface area contributed by atoms with Crippen LogP contribution in [0.4, 0.5) is 0 Å². The van der Waals surface area contributed by atoms with Crippen LogP contribution in [0.2, 0.25) is 0 Å². The van der Waals surface area contributed by atoms with Crippen LogP contribution in [-0.4, -0.2) is 9.05 Å². The third kappa shape index (κ3) is 120. The van der Waals surface area contributed by atoms with Crippen molar-refractivity contribution in [2.45, 2.75) is 0 Å². The average Bonchev–Trinajstić information content (AvgIpc) is 0.722. The Hall–Kier alpha value is 0.745. The zero-order valence-electron chi connectivity index (χ0n) is 2.54. The Bertz CT molecular complexity index is 23.0. The maximum Gasteiger partial charge on any atom is 4.00 e. The van der Waals surface area contributed by atoms with Crippen LogP contribution in [0.3, 0.4) is 0 Å². The second kappa shape index (κ2) is 2.84. The van der Waals surface area contributed by atoms with Crippen molar-refractivity contribution in [2.75, 3.05) is 0 Å². The molecule has 0 amide bonds. The van der Waals surface area contributed by atoms with Crippen LogP contribution in [0.25, 0.3) is 0 Å². The van der Waals surface area contributed by atoms with Crippen LogP contribution in [0.1, 0.15) is 0 Å². The van der Waals surface area contributed by atoms with Crippen LogP contribution >= 0.6 is 0 Å². The van der Waals surface area contributed by atoms with Gasteiger partial charge >= 0.3 is 21.1 Å². The zero-order valence-corrected chi connectivity index (χ0v) is 5.55. The fraction of sp³-hybridized carbons (Fsp3) is 0. The molecule has 0 aliphatic rings. The molecule has 0 rings (SSSR count). The largest absolute Gasteiger partial charge is 4.00 e. The molecule has 0 N–H and O–H groups in total. The van der Waals surface area contributed by atoms with E-state index in [1.807, 2.05) is 0 Å². The minimum absolute atomic E-state index is 0. The second-order valence-corrected chi connectivity index (χ2v) is 1.50. The number of rotatable bonds is 0. The van der Waals surface area contributed by atoms with Gasteiger partial charge < -0.3 is 28.2 Å². The van der Waals surface area contributed by atoms with E-state index in [4.69, 9.17) is 19.2 Å². The van der Waals surface area contributed by atoms with Gasteiger partial charge in [-0.3, -0.25) is 0 Å².